The number of imidazole rings is 1. The van der Waals surface area contributed by atoms with Gasteiger partial charge in [0.25, 0.3) is 0 Å². The van der Waals surface area contributed by atoms with Crippen LogP contribution in [0.4, 0.5) is 0 Å². The van der Waals surface area contributed by atoms with E-state index in [0.717, 1.165) is 36.1 Å². The van der Waals surface area contributed by atoms with E-state index in [1.807, 2.05) is 35.9 Å². The second-order valence-corrected chi connectivity index (χ2v) is 5.83. The van der Waals surface area contributed by atoms with Crippen LogP contribution in [0.25, 0.3) is 11.0 Å². The van der Waals surface area contributed by atoms with Crippen LogP contribution in [0.3, 0.4) is 0 Å². The fourth-order valence-electron chi connectivity index (χ4n) is 3.31. The summed E-state index contributed by atoms with van der Waals surface area (Å²) in [6.07, 6.45) is 3.13. The van der Waals surface area contributed by atoms with Gasteiger partial charge >= 0.3 is 0 Å². The summed E-state index contributed by atoms with van der Waals surface area (Å²) in [6, 6.07) is 8.00. The summed E-state index contributed by atoms with van der Waals surface area (Å²) < 4.78 is 2.03. The third-order valence-electron chi connectivity index (χ3n) is 4.60. The summed E-state index contributed by atoms with van der Waals surface area (Å²) in [5.41, 5.74) is 7.80. The molecule has 0 spiro atoms. The summed E-state index contributed by atoms with van der Waals surface area (Å²) in [6.45, 7) is 1.07. The highest BCUT2D eigenvalue weighted by atomic mass is 16.1. The zero-order valence-electron chi connectivity index (χ0n) is 12.4. The van der Waals surface area contributed by atoms with Crippen molar-refractivity contribution in [2.45, 2.75) is 25.8 Å². The fourth-order valence-corrected chi connectivity index (χ4v) is 3.31. The molecule has 5 heteroatoms. The van der Waals surface area contributed by atoms with Gasteiger partial charge in [-0.05, 0) is 37.4 Å². The average molecular weight is 286 g/mol. The van der Waals surface area contributed by atoms with Crippen molar-refractivity contribution in [3.8, 4) is 0 Å². The van der Waals surface area contributed by atoms with E-state index < -0.39 is 0 Å². The van der Waals surface area contributed by atoms with Crippen LogP contribution in [0.5, 0.6) is 0 Å². The van der Waals surface area contributed by atoms with Crippen LogP contribution in [0.2, 0.25) is 0 Å². The first-order valence-electron chi connectivity index (χ1n) is 7.59. The van der Waals surface area contributed by atoms with Gasteiger partial charge in [-0.1, -0.05) is 18.6 Å². The van der Waals surface area contributed by atoms with Crippen molar-refractivity contribution in [3.63, 3.8) is 0 Å². The molecule has 1 aliphatic carbocycles. The number of amides is 1. The van der Waals surface area contributed by atoms with Crippen molar-refractivity contribution >= 4 is 16.9 Å². The van der Waals surface area contributed by atoms with E-state index in [-0.39, 0.29) is 11.8 Å². The van der Waals surface area contributed by atoms with E-state index in [2.05, 4.69) is 10.3 Å². The van der Waals surface area contributed by atoms with Crippen LogP contribution in [0.15, 0.2) is 24.3 Å². The molecule has 1 aromatic heterocycles. The van der Waals surface area contributed by atoms with E-state index in [1.165, 1.54) is 0 Å². The van der Waals surface area contributed by atoms with E-state index in [4.69, 9.17) is 5.73 Å². The summed E-state index contributed by atoms with van der Waals surface area (Å²) in [5.74, 6) is 1.41. The summed E-state index contributed by atoms with van der Waals surface area (Å²) >= 11 is 0. The second kappa shape index (κ2) is 5.85. The monoisotopic (exact) mass is 286 g/mol. The highest BCUT2D eigenvalue weighted by Gasteiger charge is 2.31. The molecule has 0 radical (unpaired) electrons. The Morgan fingerprint density at radius 3 is 3.00 bits per heavy atom. The first kappa shape index (κ1) is 14.1. The van der Waals surface area contributed by atoms with Gasteiger partial charge in [-0.15, -0.1) is 0 Å². The molecular weight excluding hydrogens is 264 g/mol. The summed E-state index contributed by atoms with van der Waals surface area (Å²) in [4.78, 5) is 16.9. The van der Waals surface area contributed by atoms with Gasteiger partial charge in [0.2, 0.25) is 5.91 Å². The maximum atomic E-state index is 12.3. The Balaban J connectivity index is 1.69. The number of rotatable bonds is 4. The number of benzene rings is 1. The highest BCUT2D eigenvalue weighted by Crippen LogP contribution is 2.31. The Labute approximate surface area is 124 Å². The molecule has 1 aromatic carbocycles. The zero-order chi connectivity index (χ0) is 14.8. The Morgan fingerprint density at radius 1 is 1.43 bits per heavy atom. The van der Waals surface area contributed by atoms with Gasteiger partial charge < -0.3 is 15.6 Å². The number of nitrogens with one attached hydrogen (secondary N) is 1. The van der Waals surface area contributed by atoms with E-state index in [1.54, 1.807) is 0 Å². The quantitative estimate of drug-likeness (QED) is 0.896. The number of hydrogen-bond acceptors (Lipinski definition) is 3. The lowest BCUT2D eigenvalue weighted by Gasteiger charge is -2.17. The maximum Gasteiger partial charge on any atom is 0.223 e. The number of aryl methyl sites for hydroxylation is 1. The molecule has 1 amide bonds. The molecule has 0 aliphatic heterocycles. The molecule has 0 unspecified atom stereocenters. The molecule has 112 valence electrons. The third-order valence-corrected chi connectivity index (χ3v) is 4.60. The zero-order valence-corrected chi connectivity index (χ0v) is 12.4. The molecule has 3 N–H and O–H groups in total. The van der Waals surface area contributed by atoms with Crippen molar-refractivity contribution in [1.29, 1.82) is 0 Å². The van der Waals surface area contributed by atoms with E-state index in [9.17, 15) is 4.79 Å². The van der Waals surface area contributed by atoms with Gasteiger partial charge in [0.05, 0.1) is 17.6 Å². The van der Waals surface area contributed by atoms with Gasteiger partial charge in [0.15, 0.2) is 0 Å². The molecule has 1 aliphatic rings. The minimum atomic E-state index is 0.0738. The molecule has 0 bridgehead atoms. The van der Waals surface area contributed by atoms with Gasteiger partial charge in [0.1, 0.15) is 5.82 Å². The first-order chi connectivity index (χ1) is 10.2. The van der Waals surface area contributed by atoms with E-state index >= 15 is 0 Å². The number of hydrogen-bond donors (Lipinski definition) is 2. The van der Waals surface area contributed by atoms with E-state index in [0.29, 0.717) is 19.0 Å². The van der Waals surface area contributed by atoms with Gasteiger partial charge in [-0.2, -0.15) is 0 Å². The minimum absolute atomic E-state index is 0.0738. The number of fused-ring (bicyclic) bond motifs is 1. The van der Waals surface area contributed by atoms with Crippen LogP contribution in [-0.4, -0.2) is 22.0 Å². The van der Waals surface area contributed by atoms with Gasteiger partial charge in [-0.25, -0.2) is 4.98 Å². The Morgan fingerprint density at radius 2 is 2.24 bits per heavy atom. The molecule has 2 atom stereocenters. The summed E-state index contributed by atoms with van der Waals surface area (Å²) in [5, 5.41) is 3.03. The number of carbonyl (C=O) groups is 1. The highest BCUT2D eigenvalue weighted by molar-refractivity contribution is 5.79. The van der Waals surface area contributed by atoms with Crippen LogP contribution >= 0.6 is 0 Å². The molecule has 0 saturated heterocycles. The largest absolute Gasteiger partial charge is 0.349 e. The number of aromatic nitrogens is 2. The van der Waals surface area contributed by atoms with Crippen LogP contribution in [0.1, 0.15) is 25.1 Å². The lowest BCUT2D eigenvalue weighted by Crippen LogP contribution is -2.35. The van der Waals surface area contributed by atoms with Crippen LogP contribution in [0, 0.1) is 11.8 Å². The number of para-hydroxylation sites is 2. The van der Waals surface area contributed by atoms with Crippen molar-refractivity contribution in [2.75, 3.05) is 6.54 Å². The SMILES string of the molecule is Cn1c(CNC(=O)[C@@H]2CCC[C@@H]2CN)nc2ccccc21. The molecule has 5 nitrogen and oxygen atoms in total. The minimum Gasteiger partial charge on any atom is -0.349 e. The number of nitrogens with two attached hydrogens (primary N) is 1. The smallest absolute Gasteiger partial charge is 0.223 e. The van der Waals surface area contributed by atoms with Gasteiger partial charge in [-0.3, -0.25) is 4.79 Å². The molecule has 3 rings (SSSR count). The molecular formula is C16H22N4O. The molecule has 2 aromatic rings. The molecule has 21 heavy (non-hydrogen) atoms. The van der Waals surface area contributed by atoms with Crippen molar-refractivity contribution in [2.24, 2.45) is 24.6 Å². The molecule has 1 heterocycles. The molecule has 1 saturated carbocycles. The first-order valence-corrected chi connectivity index (χ1v) is 7.59. The maximum absolute atomic E-state index is 12.3. The van der Waals surface area contributed by atoms with Crippen LogP contribution < -0.4 is 11.1 Å². The predicted octanol–water partition coefficient (Wildman–Crippen LogP) is 1.56. The Hall–Kier alpha value is -1.88. The fraction of sp³-hybridized carbons (Fsp3) is 0.500. The second-order valence-electron chi connectivity index (χ2n) is 5.83. The average Bonchev–Trinajstić information content (AvgIpc) is 3.10. The number of carbonyl (C=O) groups excluding carboxylic acids is 1. The Kier molecular flexibility index (Phi) is 3.92. The summed E-state index contributed by atoms with van der Waals surface area (Å²) in [7, 11) is 1.98. The lowest BCUT2D eigenvalue weighted by atomic mass is 9.95. The Bertz CT molecular complexity index is 649. The topological polar surface area (TPSA) is 72.9 Å². The number of nitrogens with zero attached hydrogens (tertiary/aromatic N) is 2. The predicted molar refractivity (Wildman–Crippen MR) is 82.4 cm³/mol. The van der Waals surface area contributed by atoms with Crippen molar-refractivity contribution in [1.82, 2.24) is 14.9 Å². The van der Waals surface area contributed by atoms with Gasteiger partial charge in [0, 0.05) is 13.0 Å². The van der Waals surface area contributed by atoms with Crippen molar-refractivity contribution in [3.05, 3.63) is 30.1 Å². The molecule has 1 fully saturated rings. The third kappa shape index (κ3) is 2.65. The van der Waals surface area contributed by atoms with Crippen LogP contribution in [-0.2, 0) is 18.4 Å². The standard InChI is InChI=1S/C16H22N4O/c1-20-14-8-3-2-7-13(14)19-15(20)10-18-16(21)12-6-4-5-11(12)9-17/h2-3,7-8,11-12H,4-6,9-10,17H2,1H3,(H,18,21)/t11-,12-/m1/s1. The van der Waals surface area contributed by atoms with Crippen molar-refractivity contribution < 1.29 is 4.79 Å². The normalized spacial score (nSPS) is 21.8. The lowest BCUT2D eigenvalue weighted by molar-refractivity contribution is -0.126.